The zero-order valence-corrected chi connectivity index (χ0v) is 33.1. The molecule has 266 valence electrons. The molecule has 0 nitrogen and oxygen atoms in total. The molecule has 2 aromatic heterocycles. The van der Waals surface area contributed by atoms with Gasteiger partial charge in [-0.05, 0) is 125 Å². The van der Waals surface area contributed by atoms with E-state index in [4.69, 9.17) is 0 Å². The van der Waals surface area contributed by atoms with Crippen LogP contribution in [-0.4, -0.2) is 0 Å². The number of benzene rings is 10. The molecule has 12 aromatic rings. The molecule has 0 bridgehead atoms. The highest BCUT2D eigenvalue weighted by atomic mass is 32.1. The van der Waals surface area contributed by atoms with E-state index < -0.39 is 0 Å². The maximum absolute atomic E-state index is 2.49. The zero-order valence-electron chi connectivity index (χ0n) is 31.5. The molecule has 0 unspecified atom stereocenters. The normalized spacial score (nSPS) is 13.6. The Labute approximate surface area is 337 Å². The van der Waals surface area contributed by atoms with E-state index in [1.807, 2.05) is 22.7 Å². The molecule has 0 fully saturated rings. The van der Waals surface area contributed by atoms with Crippen molar-refractivity contribution >= 4 is 106 Å². The molecule has 0 N–H and O–H groups in total. The topological polar surface area (TPSA) is 0 Å². The van der Waals surface area contributed by atoms with Gasteiger partial charge in [-0.1, -0.05) is 141 Å². The lowest BCUT2D eigenvalue weighted by molar-refractivity contribution is 0.661. The van der Waals surface area contributed by atoms with Crippen LogP contribution in [0.5, 0.6) is 0 Å². The fourth-order valence-corrected chi connectivity index (χ4v) is 12.6. The molecule has 0 amide bonds. The lowest BCUT2D eigenvalue weighted by atomic mass is 9.80. The summed E-state index contributed by atoms with van der Waals surface area (Å²) >= 11 is 3.81. The molecule has 0 saturated heterocycles. The van der Waals surface area contributed by atoms with Gasteiger partial charge in [0, 0.05) is 51.1 Å². The summed E-state index contributed by atoms with van der Waals surface area (Å²) in [7, 11) is 0. The molecule has 57 heavy (non-hydrogen) atoms. The minimum atomic E-state index is -0.0683. The van der Waals surface area contributed by atoms with Crippen molar-refractivity contribution in [1.82, 2.24) is 0 Å². The van der Waals surface area contributed by atoms with Crippen molar-refractivity contribution in [3.05, 3.63) is 181 Å². The second-order valence-electron chi connectivity index (χ2n) is 16.4. The van der Waals surface area contributed by atoms with E-state index in [-0.39, 0.29) is 5.41 Å². The van der Waals surface area contributed by atoms with Crippen molar-refractivity contribution in [3.63, 3.8) is 0 Å². The molecular formula is C55H34S2. The number of thiophene rings is 2. The number of fused-ring (bicyclic) bond motifs is 18. The fraction of sp³-hybridized carbons (Fsp3) is 0.0545. The summed E-state index contributed by atoms with van der Waals surface area (Å²) in [6, 6.07) is 64.4. The smallest absolute Gasteiger partial charge is 0.0440 e. The van der Waals surface area contributed by atoms with Crippen LogP contribution >= 0.6 is 22.7 Å². The minimum absolute atomic E-state index is 0.0683. The van der Waals surface area contributed by atoms with Crippen LogP contribution in [-0.2, 0) is 5.41 Å². The van der Waals surface area contributed by atoms with E-state index in [0.29, 0.717) is 0 Å². The standard InChI is InChI=1S/C55H34S2/c1-55(2)47-17-9-7-16-42(47)52-38-14-5-3-11-34(38)43(30-48(52)55)33-21-26-51-46(29-33)45-28-32(20-25-50(45)56-51)31-19-22-36-40-23-24-41-37-13-8-10-18-49(37)57-54(41)53(40)39-15-6-4-12-35(39)44(36)27-31/h3-30H,1-2H3. The molecule has 10 aromatic carbocycles. The van der Waals surface area contributed by atoms with E-state index in [2.05, 4.69) is 184 Å². The van der Waals surface area contributed by atoms with Crippen LogP contribution in [0, 0.1) is 0 Å². The Balaban J connectivity index is 0.991. The second-order valence-corrected chi connectivity index (χ2v) is 18.5. The Morgan fingerprint density at radius 3 is 1.70 bits per heavy atom. The SMILES string of the molecule is CC1(C)c2ccccc2-c2c1cc(-c1ccc3sc4ccc(-c5ccc6c(c5)c5ccccc5c5c6ccc6c7ccccc7sc65)cc4c3c1)c1ccccc21. The monoisotopic (exact) mass is 758 g/mol. The Kier molecular flexibility index (Phi) is 6.36. The Morgan fingerprint density at radius 1 is 0.333 bits per heavy atom. The first-order valence-corrected chi connectivity index (χ1v) is 21.5. The summed E-state index contributed by atoms with van der Waals surface area (Å²) in [4.78, 5) is 0. The molecule has 1 aliphatic rings. The van der Waals surface area contributed by atoms with Crippen LogP contribution in [0.1, 0.15) is 25.0 Å². The van der Waals surface area contributed by atoms with E-state index in [9.17, 15) is 0 Å². The number of hydrogen-bond donors (Lipinski definition) is 0. The highest BCUT2D eigenvalue weighted by Gasteiger charge is 2.37. The fourth-order valence-electron chi connectivity index (χ4n) is 10.3. The van der Waals surface area contributed by atoms with Gasteiger partial charge in [0.05, 0.1) is 0 Å². The van der Waals surface area contributed by atoms with E-state index in [1.165, 1.54) is 128 Å². The van der Waals surface area contributed by atoms with E-state index >= 15 is 0 Å². The van der Waals surface area contributed by atoms with Crippen molar-refractivity contribution < 1.29 is 0 Å². The first-order chi connectivity index (χ1) is 28.0. The van der Waals surface area contributed by atoms with Crippen molar-refractivity contribution in [1.29, 1.82) is 0 Å². The number of rotatable bonds is 2. The van der Waals surface area contributed by atoms with Crippen LogP contribution in [0.25, 0.3) is 117 Å². The average Bonchev–Trinajstić information content (AvgIpc) is 3.90. The Hall–Kier alpha value is -6.32. The van der Waals surface area contributed by atoms with Gasteiger partial charge in [0.15, 0.2) is 0 Å². The van der Waals surface area contributed by atoms with Gasteiger partial charge in [0.25, 0.3) is 0 Å². The molecule has 1 aliphatic carbocycles. The van der Waals surface area contributed by atoms with Crippen molar-refractivity contribution in [3.8, 4) is 33.4 Å². The molecule has 0 atom stereocenters. The van der Waals surface area contributed by atoms with Crippen LogP contribution < -0.4 is 0 Å². The van der Waals surface area contributed by atoms with Crippen molar-refractivity contribution in [2.24, 2.45) is 0 Å². The molecular weight excluding hydrogens is 725 g/mol. The molecule has 2 heterocycles. The molecule has 2 heteroatoms. The molecule has 0 saturated carbocycles. The van der Waals surface area contributed by atoms with Crippen LogP contribution in [0.3, 0.4) is 0 Å². The van der Waals surface area contributed by atoms with Crippen LogP contribution in [0.2, 0.25) is 0 Å². The summed E-state index contributed by atoms with van der Waals surface area (Å²) in [6.45, 7) is 4.77. The lowest BCUT2D eigenvalue weighted by Gasteiger charge is -2.23. The predicted molar refractivity (Wildman–Crippen MR) is 251 cm³/mol. The van der Waals surface area contributed by atoms with Crippen molar-refractivity contribution in [2.45, 2.75) is 19.3 Å². The van der Waals surface area contributed by atoms with Crippen LogP contribution in [0.15, 0.2) is 170 Å². The Bertz CT molecular complexity index is 3700. The Morgan fingerprint density at radius 2 is 0.877 bits per heavy atom. The highest BCUT2D eigenvalue weighted by molar-refractivity contribution is 7.27. The van der Waals surface area contributed by atoms with Gasteiger partial charge in [-0.25, -0.2) is 0 Å². The van der Waals surface area contributed by atoms with Gasteiger partial charge in [-0.2, -0.15) is 0 Å². The third kappa shape index (κ3) is 4.32. The lowest BCUT2D eigenvalue weighted by Crippen LogP contribution is -2.15. The third-order valence-electron chi connectivity index (χ3n) is 13.0. The van der Waals surface area contributed by atoms with Gasteiger partial charge in [-0.3, -0.25) is 0 Å². The van der Waals surface area contributed by atoms with Crippen LogP contribution in [0.4, 0.5) is 0 Å². The first-order valence-electron chi connectivity index (χ1n) is 19.8. The maximum Gasteiger partial charge on any atom is 0.0440 e. The summed E-state index contributed by atoms with van der Waals surface area (Å²) in [5, 5.41) is 15.9. The molecule has 0 radical (unpaired) electrons. The summed E-state index contributed by atoms with van der Waals surface area (Å²) in [6.07, 6.45) is 0. The van der Waals surface area contributed by atoms with Gasteiger partial charge in [0.1, 0.15) is 0 Å². The average molecular weight is 759 g/mol. The van der Waals surface area contributed by atoms with Gasteiger partial charge < -0.3 is 0 Å². The molecule has 0 aliphatic heterocycles. The third-order valence-corrected chi connectivity index (χ3v) is 15.4. The highest BCUT2D eigenvalue weighted by Crippen LogP contribution is 2.53. The predicted octanol–water partition coefficient (Wildman–Crippen LogP) is 16.7. The van der Waals surface area contributed by atoms with Gasteiger partial charge >= 0.3 is 0 Å². The zero-order chi connectivity index (χ0) is 37.6. The van der Waals surface area contributed by atoms with Gasteiger partial charge in [-0.15, -0.1) is 22.7 Å². The quantitative estimate of drug-likeness (QED) is 0.154. The summed E-state index contributed by atoms with van der Waals surface area (Å²) in [5.41, 5.74) is 10.6. The first kappa shape index (κ1) is 31.8. The second kappa shape index (κ2) is 11.4. The van der Waals surface area contributed by atoms with E-state index in [0.717, 1.165) is 0 Å². The molecule has 13 rings (SSSR count). The molecule has 0 spiro atoms. The van der Waals surface area contributed by atoms with Crippen molar-refractivity contribution in [2.75, 3.05) is 0 Å². The number of hydrogen-bond acceptors (Lipinski definition) is 2. The summed E-state index contributed by atoms with van der Waals surface area (Å²) < 4.78 is 5.38. The largest absolute Gasteiger partial charge is 0.135 e. The summed E-state index contributed by atoms with van der Waals surface area (Å²) in [5.74, 6) is 0. The van der Waals surface area contributed by atoms with E-state index in [1.54, 1.807) is 0 Å². The minimum Gasteiger partial charge on any atom is -0.135 e. The maximum atomic E-state index is 2.49. The van der Waals surface area contributed by atoms with Gasteiger partial charge in [0.2, 0.25) is 0 Å².